The first-order valence-corrected chi connectivity index (χ1v) is 6.37. The third-order valence-electron chi connectivity index (χ3n) is 2.79. The number of carbonyl (C=O) groups excluding carboxylic acids is 2. The van der Waals surface area contributed by atoms with Gasteiger partial charge < -0.3 is 9.64 Å². The number of esters is 1. The smallest absolute Gasteiger partial charge is 0.310 e. The van der Waals surface area contributed by atoms with Crippen LogP contribution >= 0.6 is 0 Å². The summed E-state index contributed by atoms with van der Waals surface area (Å²) in [4.78, 5) is 29.4. The van der Waals surface area contributed by atoms with Gasteiger partial charge >= 0.3 is 5.97 Å². The van der Waals surface area contributed by atoms with Gasteiger partial charge in [-0.1, -0.05) is 13.8 Å². The first-order chi connectivity index (χ1) is 9.10. The summed E-state index contributed by atoms with van der Waals surface area (Å²) in [6.07, 6.45) is 3.99. The van der Waals surface area contributed by atoms with Crippen LogP contribution in [0.15, 0.2) is 24.5 Å². The van der Waals surface area contributed by atoms with Gasteiger partial charge in [-0.05, 0) is 18.6 Å². The standard InChI is InChI=1S/C14H20N2O3/c1-4-8-16(10-11(2)14(18)19-3)13(17)12-6-5-7-15-9-12/h5-7,9,11H,4,8,10H2,1-3H3. The Balaban J connectivity index is 2.77. The lowest BCUT2D eigenvalue weighted by Gasteiger charge is -2.24. The average Bonchev–Trinajstić information content (AvgIpc) is 2.45. The Labute approximate surface area is 113 Å². The van der Waals surface area contributed by atoms with E-state index >= 15 is 0 Å². The molecule has 5 nitrogen and oxygen atoms in total. The highest BCUT2D eigenvalue weighted by atomic mass is 16.5. The largest absolute Gasteiger partial charge is 0.469 e. The van der Waals surface area contributed by atoms with Crippen molar-refractivity contribution in [3.8, 4) is 0 Å². The summed E-state index contributed by atoms with van der Waals surface area (Å²) in [5.41, 5.74) is 0.535. The number of nitrogens with zero attached hydrogens (tertiary/aromatic N) is 2. The molecule has 0 aliphatic heterocycles. The zero-order valence-electron chi connectivity index (χ0n) is 11.6. The van der Waals surface area contributed by atoms with Crippen LogP contribution in [0, 0.1) is 5.92 Å². The van der Waals surface area contributed by atoms with Crippen molar-refractivity contribution in [2.45, 2.75) is 20.3 Å². The van der Waals surface area contributed by atoms with Gasteiger partial charge in [0.25, 0.3) is 5.91 Å². The Morgan fingerprint density at radius 2 is 2.21 bits per heavy atom. The zero-order valence-corrected chi connectivity index (χ0v) is 11.6. The van der Waals surface area contributed by atoms with E-state index in [0.29, 0.717) is 18.7 Å². The van der Waals surface area contributed by atoms with Gasteiger partial charge in [-0.3, -0.25) is 14.6 Å². The number of pyridine rings is 1. The van der Waals surface area contributed by atoms with E-state index in [-0.39, 0.29) is 17.8 Å². The SMILES string of the molecule is CCCN(CC(C)C(=O)OC)C(=O)c1cccnc1. The van der Waals surface area contributed by atoms with Crippen molar-refractivity contribution >= 4 is 11.9 Å². The van der Waals surface area contributed by atoms with Crippen LogP contribution < -0.4 is 0 Å². The van der Waals surface area contributed by atoms with Crippen LogP contribution in [0.25, 0.3) is 0 Å². The van der Waals surface area contributed by atoms with Crippen molar-refractivity contribution in [3.63, 3.8) is 0 Å². The molecule has 0 saturated heterocycles. The maximum atomic E-state index is 12.3. The molecule has 1 aromatic heterocycles. The number of aromatic nitrogens is 1. The minimum Gasteiger partial charge on any atom is -0.469 e. The highest BCUT2D eigenvalue weighted by Gasteiger charge is 2.21. The fourth-order valence-electron chi connectivity index (χ4n) is 1.82. The second-order valence-electron chi connectivity index (χ2n) is 4.42. The summed E-state index contributed by atoms with van der Waals surface area (Å²) in [6, 6.07) is 3.45. The van der Waals surface area contributed by atoms with E-state index in [4.69, 9.17) is 0 Å². The topological polar surface area (TPSA) is 59.5 Å². The molecule has 0 aliphatic rings. The Morgan fingerprint density at radius 1 is 1.47 bits per heavy atom. The van der Waals surface area contributed by atoms with Gasteiger partial charge in [0.2, 0.25) is 0 Å². The van der Waals surface area contributed by atoms with Gasteiger partial charge in [-0.25, -0.2) is 0 Å². The predicted molar refractivity (Wildman–Crippen MR) is 71.6 cm³/mol. The molecule has 5 heteroatoms. The summed E-state index contributed by atoms with van der Waals surface area (Å²) in [6.45, 7) is 4.71. The molecule has 19 heavy (non-hydrogen) atoms. The van der Waals surface area contributed by atoms with Crippen LogP contribution in [0.1, 0.15) is 30.6 Å². The highest BCUT2D eigenvalue weighted by Crippen LogP contribution is 2.08. The number of ether oxygens (including phenoxy) is 1. The van der Waals surface area contributed by atoms with E-state index in [1.165, 1.54) is 13.3 Å². The molecule has 1 rings (SSSR count). The molecule has 0 radical (unpaired) electrons. The minimum atomic E-state index is -0.336. The summed E-state index contributed by atoms with van der Waals surface area (Å²) in [5.74, 6) is -0.747. The molecular formula is C14H20N2O3. The second-order valence-corrected chi connectivity index (χ2v) is 4.42. The molecule has 1 amide bonds. The quantitative estimate of drug-likeness (QED) is 0.734. The van der Waals surface area contributed by atoms with E-state index in [1.54, 1.807) is 30.2 Å². The van der Waals surface area contributed by atoms with Gasteiger partial charge in [0.1, 0.15) is 0 Å². The number of carbonyl (C=O) groups is 2. The molecular weight excluding hydrogens is 244 g/mol. The van der Waals surface area contributed by atoms with Gasteiger partial charge in [-0.2, -0.15) is 0 Å². The highest BCUT2D eigenvalue weighted by molar-refractivity contribution is 5.94. The van der Waals surface area contributed by atoms with Gasteiger partial charge in [-0.15, -0.1) is 0 Å². The molecule has 1 heterocycles. The molecule has 0 saturated carbocycles. The van der Waals surface area contributed by atoms with Gasteiger partial charge in [0, 0.05) is 25.5 Å². The summed E-state index contributed by atoms with van der Waals surface area (Å²) >= 11 is 0. The molecule has 1 atom stereocenters. The Bertz CT molecular complexity index is 420. The van der Waals surface area contributed by atoms with Crippen molar-refractivity contribution < 1.29 is 14.3 Å². The third-order valence-corrected chi connectivity index (χ3v) is 2.79. The first kappa shape index (κ1) is 15.1. The lowest BCUT2D eigenvalue weighted by molar-refractivity contribution is -0.145. The van der Waals surface area contributed by atoms with E-state index in [2.05, 4.69) is 9.72 Å². The van der Waals surface area contributed by atoms with Crippen LogP contribution in [-0.4, -0.2) is 42.0 Å². The number of methoxy groups -OCH3 is 1. The van der Waals surface area contributed by atoms with E-state index in [0.717, 1.165) is 6.42 Å². The summed E-state index contributed by atoms with van der Waals surface area (Å²) in [5, 5.41) is 0. The van der Waals surface area contributed by atoms with Crippen molar-refractivity contribution in [2.24, 2.45) is 5.92 Å². The Kier molecular flexibility index (Phi) is 5.99. The Hall–Kier alpha value is -1.91. The number of hydrogen-bond donors (Lipinski definition) is 0. The Morgan fingerprint density at radius 3 is 2.74 bits per heavy atom. The van der Waals surface area contributed by atoms with Crippen molar-refractivity contribution in [1.29, 1.82) is 0 Å². The molecule has 0 aromatic carbocycles. The van der Waals surface area contributed by atoms with E-state index in [1.807, 2.05) is 6.92 Å². The monoisotopic (exact) mass is 264 g/mol. The first-order valence-electron chi connectivity index (χ1n) is 6.37. The maximum absolute atomic E-state index is 12.3. The van der Waals surface area contributed by atoms with Gasteiger partial charge in [0.05, 0.1) is 18.6 Å². The van der Waals surface area contributed by atoms with E-state index < -0.39 is 0 Å². The summed E-state index contributed by atoms with van der Waals surface area (Å²) in [7, 11) is 1.35. The van der Waals surface area contributed by atoms with E-state index in [9.17, 15) is 9.59 Å². The summed E-state index contributed by atoms with van der Waals surface area (Å²) < 4.78 is 4.69. The number of hydrogen-bond acceptors (Lipinski definition) is 4. The molecule has 0 aliphatic carbocycles. The molecule has 0 spiro atoms. The van der Waals surface area contributed by atoms with Crippen LogP contribution in [0.4, 0.5) is 0 Å². The molecule has 0 fully saturated rings. The lowest BCUT2D eigenvalue weighted by Crippen LogP contribution is -2.37. The maximum Gasteiger partial charge on any atom is 0.310 e. The normalized spacial score (nSPS) is 11.7. The second kappa shape index (κ2) is 7.51. The lowest BCUT2D eigenvalue weighted by atomic mass is 10.1. The van der Waals surface area contributed by atoms with Crippen LogP contribution in [-0.2, 0) is 9.53 Å². The molecule has 1 aromatic rings. The fraction of sp³-hybridized carbons (Fsp3) is 0.500. The van der Waals surface area contributed by atoms with Crippen LogP contribution in [0.3, 0.4) is 0 Å². The molecule has 0 N–H and O–H groups in total. The molecule has 0 bridgehead atoms. The predicted octanol–water partition coefficient (Wildman–Crippen LogP) is 1.74. The molecule has 1 unspecified atom stereocenters. The number of rotatable bonds is 6. The van der Waals surface area contributed by atoms with Gasteiger partial charge in [0.15, 0.2) is 0 Å². The zero-order chi connectivity index (χ0) is 14.3. The molecule has 104 valence electrons. The van der Waals surface area contributed by atoms with Crippen molar-refractivity contribution in [3.05, 3.63) is 30.1 Å². The fourth-order valence-corrected chi connectivity index (χ4v) is 1.82. The van der Waals surface area contributed by atoms with Crippen LogP contribution in [0.5, 0.6) is 0 Å². The number of amides is 1. The van der Waals surface area contributed by atoms with Crippen molar-refractivity contribution in [2.75, 3.05) is 20.2 Å². The van der Waals surface area contributed by atoms with Crippen molar-refractivity contribution in [1.82, 2.24) is 9.88 Å². The van der Waals surface area contributed by atoms with Crippen LogP contribution in [0.2, 0.25) is 0 Å². The third kappa shape index (κ3) is 4.35. The minimum absolute atomic E-state index is 0.106. The average molecular weight is 264 g/mol.